The first-order valence-corrected chi connectivity index (χ1v) is 9.27. The number of aliphatic hydroxyl groups is 1. The van der Waals surface area contributed by atoms with Crippen LogP contribution in [-0.2, 0) is 6.42 Å². The summed E-state index contributed by atoms with van der Waals surface area (Å²) in [6, 6.07) is 13.9. The number of carbonyl (C=O) groups excluding carboxylic acids is 1. The third kappa shape index (κ3) is 4.41. The molecule has 1 aromatic heterocycles. The third-order valence-corrected chi connectivity index (χ3v) is 5.37. The number of aliphatic hydroxyl groups excluding tert-OH is 1. The second kappa shape index (κ2) is 8.32. The smallest absolute Gasteiger partial charge is 0.248 e. The molecule has 1 atom stereocenters. The number of primary amides is 1. The number of pyridine rings is 1. The van der Waals surface area contributed by atoms with Crippen LogP contribution in [0.5, 0.6) is 0 Å². The number of rotatable bonds is 7. The number of hydrogen-bond acceptors (Lipinski definition) is 4. The lowest BCUT2D eigenvalue weighted by Gasteiger charge is -2.42. The van der Waals surface area contributed by atoms with Gasteiger partial charge < -0.3 is 15.7 Å². The number of nitrogens with zero attached hydrogens (tertiary/aromatic N) is 2. The summed E-state index contributed by atoms with van der Waals surface area (Å²) in [5.74, 6) is 0.323. The van der Waals surface area contributed by atoms with Gasteiger partial charge in [-0.3, -0.25) is 4.79 Å². The van der Waals surface area contributed by atoms with Gasteiger partial charge in [0.2, 0.25) is 5.91 Å². The van der Waals surface area contributed by atoms with E-state index in [1.54, 1.807) is 18.3 Å². The Hall–Kier alpha value is -2.40. The number of aryl methyl sites for hydroxylation is 1. The first kappa shape index (κ1) is 18.4. The van der Waals surface area contributed by atoms with Crippen molar-refractivity contribution in [3.05, 3.63) is 59.8 Å². The van der Waals surface area contributed by atoms with Crippen molar-refractivity contribution in [3.63, 3.8) is 0 Å². The van der Waals surface area contributed by atoms with Crippen LogP contribution in [-0.4, -0.2) is 35.7 Å². The zero-order valence-corrected chi connectivity index (χ0v) is 15.1. The molecular formula is C21H27N3O2. The summed E-state index contributed by atoms with van der Waals surface area (Å²) in [7, 11) is 0. The van der Waals surface area contributed by atoms with Crippen molar-refractivity contribution in [1.29, 1.82) is 0 Å². The van der Waals surface area contributed by atoms with Crippen LogP contribution in [0.4, 0.5) is 5.82 Å². The molecule has 1 aliphatic rings. The molecule has 2 aromatic rings. The standard InChI is InChI=1S/C21H27N3O2/c22-20(26)18-9-12-23-19(14-18)24-13-5-11-21(15-24,16-25)10-4-8-17-6-2-1-3-7-17/h1-3,6-7,9,12,14,25H,4-5,8,10-11,13,15-16H2,(H2,22,26). The molecule has 5 nitrogen and oxygen atoms in total. The second-order valence-corrected chi connectivity index (χ2v) is 7.29. The van der Waals surface area contributed by atoms with E-state index >= 15 is 0 Å². The number of hydrogen-bond donors (Lipinski definition) is 2. The second-order valence-electron chi connectivity index (χ2n) is 7.29. The summed E-state index contributed by atoms with van der Waals surface area (Å²) >= 11 is 0. The molecular weight excluding hydrogens is 326 g/mol. The molecule has 1 fully saturated rings. The molecule has 1 aliphatic heterocycles. The predicted molar refractivity (Wildman–Crippen MR) is 103 cm³/mol. The summed E-state index contributed by atoms with van der Waals surface area (Å²) < 4.78 is 0. The SMILES string of the molecule is NC(=O)c1ccnc(N2CCCC(CO)(CCCc3ccccc3)C2)c1. The van der Waals surface area contributed by atoms with Crippen LogP contribution in [0.15, 0.2) is 48.7 Å². The highest BCUT2D eigenvalue weighted by atomic mass is 16.3. The molecule has 0 saturated carbocycles. The molecule has 1 unspecified atom stereocenters. The maximum absolute atomic E-state index is 11.4. The Morgan fingerprint density at radius 1 is 1.27 bits per heavy atom. The van der Waals surface area contributed by atoms with Gasteiger partial charge in [-0.2, -0.15) is 0 Å². The topological polar surface area (TPSA) is 79.5 Å². The van der Waals surface area contributed by atoms with Crippen LogP contribution in [0.3, 0.4) is 0 Å². The van der Waals surface area contributed by atoms with E-state index in [-0.39, 0.29) is 12.0 Å². The fourth-order valence-electron chi connectivity index (χ4n) is 3.87. The Bertz CT molecular complexity index is 735. The Morgan fingerprint density at radius 2 is 2.08 bits per heavy atom. The van der Waals surface area contributed by atoms with Gasteiger partial charge in [0.1, 0.15) is 5.82 Å². The number of anilines is 1. The van der Waals surface area contributed by atoms with Gasteiger partial charge in [-0.1, -0.05) is 30.3 Å². The van der Waals surface area contributed by atoms with Gasteiger partial charge in [-0.25, -0.2) is 4.98 Å². The van der Waals surface area contributed by atoms with Crippen LogP contribution in [0, 0.1) is 5.41 Å². The van der Waals surface area contributed by atoms with Crippen molar-refractivity contribution in [3.8, 4) is 0 Å². The average Bonchev–Trinajstić information content (AvgIpc) is 2.69. The van der Waals surface area contributed by atoms with E-state index in [0.717, 1.165) is 51.0 Å². The molecule has 2 heterocycles. The van der Waals surface area contributed by atoms with Crippen LogP contribution in [0.25, 0.3) is 0 Å². The molecule has 1 saturated heterocycles. The highest BCUT2D eigenvalue weighted by Gasteiger charge is 2.35. The summed E-state index contributed by atoms with van der Waals surface area (Å²) in [4.78, 5) is 18.0. The van der Waals surface area contributed by atoms with Gasteiger partial charge in [0, 0.05) is 30.3 Å². The number of nitrogens with two attached hydrogens (primary N) is 1. The number of piperidine rings is 1. The van der Waals surface area contributed by atoms with E-state index in [0.29, 0.717) is 5.56 Å². The van der Waals surface area contributed by atoms with E-state index in [9.17, 15) is 9.90 Å². The molecule has 1 amide bonds. The highest BCUT2D eigenvalue weighted by molar-refractivity contribution is 5.93. The summed E-state index contributed by atoms with van der Waals surface area (Å²) in [6.45, 7) is 1.82. The molecule has 26 heavy (non-hydrogen) atoms. The average molecular weight is 353 g/mol. The number of amides is 1. The lowest BCUT2D eigenvalue weighted by molar-refractivity contribution is 0.0938. The van der Waals surface area contributed by atoms with Crippen molar-refractivity contribution in [2.45, 2.75) is 32.1 Å². The largest absolute Gasteiger partial charge is 0.396 e. The minimum absolute atomic E-state index is 0.114. The van der Waals surface area contributed by atoms with Gasteiger partial charge in [0.25, 0.3) is 0 Å². The number of aromatic nitrogens is 1. The highest BCUT2D eigenvalue weighted by Crippen LogP contribution is 2.36. The molecule has 0 spiro atoms. The van der Waals surface area contributed by atoms with Crippen molar-refractivity contribution < 1.29 is 9.90 Å². The van der Waals surface area contributed by atoms with E-state index in [1.165, 1.54) is 5.56 Å². The third-order valence-electron chi connectivity index (χ3n) is 5.37. The van der Waals surface area contributed by atoms with E-state index in [1.807, 2.05) is 6.07 Å². The molecule has 5 heteroatoms. The Labute approximate surface area is 154 Å². The van der Waals surface area contributed by atoms with E-state index < -0.39 is 5.91 Å². The molecule has 138 valence electrons. The summed E-state index contributed by atoms with van der Waals surface area (Å²) in [6.07, 6.45) is 6.70. The number of benzene rings is 1. The Kier molecular flexibility index (Phi) is 5.89. The zero-order valence-electron chi connectivity index (χ0n) is 15.1. The fraction of sp³-hybridized carbons (Fsp3) is 0.429. The fourth-order valence-corrected chi connectivity index (χ4v) is 3.87. The molecule has 0 bridgehead atoms. The van der Waals surface area contributed by atoms with E-state index in [2.05, 4.69) is 34.1 Å². The molecule has 3 N–H and O–H groups in total. The van der Waals surface area contributed by atoms with Crippen molar-refractivity contribution in [2.24, 2.45) is 11.1 Å². The van der Waals surface area contributed by atoms with Crippen LogP contribution < -0.4 is 10.6 Å². The lowest BCUT2D eigenvalue weighted by Crippen LogP contribution is -2.46. The Morgan fingerprint density at radius 3 is 2.81 bits per heavy atom. The normalized spacial score (nSPS) is 20.1. The van der Waals surface area contributed by atoms with Crippen molar-refractivity contribution in [1.82, 2.24) is 4.98 Å². The van der Waals surface area contributed by atoms with Crippen LogP contribution in [0.1, 0.15) is 41.6 Å². The molecule has 0 radical (unpaired) electrons. The van der Waals surface area contributed by atoms with Gasteiger partial charge in [0.15, 0.2) is 0 Å². The van der Waals surface area contributed by atoms with Crippen molar-refractivity contribution >= 4 is 11.7 Å². The Balaban J connectivity index is 1.66. The van der Waals surface area contributed by atoms with Gasteiger partial charge in [-0.15, -0.1) is 0 Å². The zero-order chi connectivity index (χ0) is 18.4. The predicted octanol–water partition coefficient (Wildman–Crippen LogP) is 2.78. The van der Waals surface area contributed by atoms with Gasteiger partial charge >= 0.3 is 0 Å². The summed E-state index contributed by atoms with van der Waals surface area (Å²) in [5.41, 5.74) is 7.08. The van der Waals surface area contributed by atoms with E-state index in [4.69, 9.17) is 5.73 Å². The van der Waals surface area contributed by atoms with Crippen LogP contribution in [0.2, 0.25) is 0 Å². The first-order valence-electron chi connectivity index (χ1n) is 9.27. The van der Waals surface area contributed by atoms with Crippen molar-refractivity contribution in [2.75, 3.05) is 24.6 Å². The first-order chi connectivity index (χ1) is 12.6. The maximum Gasteiger partial charge on any atom is 0.248 e. The lowest BCUT2D eigenvalue weighted by atomic mass is 9.76. The molecule has 1 aromatic carbocycles. The van der Waals surface area contributed by atoms with Gasteiger partial charge in [-0.05, 0) is 49.8 Å². The number of carbonyl (C=O) groups is 1. The molecule has 3 rings (SSSR count). The quantitative estimate of drug-likeness (QED) is 0.802. The van der Waals surface area contributed by atoms with Crippen LogP contribution >= 0.6 is 0 Å². The summed E-state index contributed by atoms with van der Waals surface area (Å²) in [5, 5.41) is 10.1. The minimum Gasteiger partial charge on any atom is -0.396 e. The minimum atomic E-state index is -0.443. The molecule has 0 aliphatic carbocycles. The van der Waals surface area contributed by atoms with Gasteiger partial charge in [0.05, 0.1) is 6.61 Å². The monoisotopic (exact) mass is 353 g/mol. The maximum atomic E-state index is 11.4.